The SMILES string of the molecule is CN1CCC(O)(C(F)F)C1.CNC(=O)c1c(C)oc2cc(Oc3ccnn4cc(C=O)c(C)c34)ccc12. The molecule has 3 aromatic heterocycles. The number of alkyl halides is 2. The van der Waals surface area contributed by atoms with E-state index >= 15 is 0 Å². The first-order valence-corrected chi connectivity index (χ1v) is 11.6. The van der Waals surface area contributed by atoms with E-state index in [1.54, 1.807) is 67.1 Å². The molecule has 1 atom stereocenters. The summed E-state index contributed by atoms with van der Waals surface area (Å²) in [6.07, 6.45) is 1.64. The Labute approximate surface area is 211 Å². The van der Waals surface area contributed by atoms with Gasteiger partial charge in [-0.15, -0.1) is 0 Å². The van der Waals surface area contributed by atoms with Gasteiger partial charge in [-0.1, -0.05) is 0 Å². The van der Waals surface area contributed by atoms with Gasteiger partial charge in [0.1, 0.15) is 28.2 Å². The molecule has 1 amide bonds. The lowest BCUT2D eigenvalue weighted by Crippen LogP contribution is -2.39. The summed E-state index contributed by atoms with van der Waals surface area (Å²) in [7, 11) is 3.31. The highest BCUT2D eigenvalue weighted by atomic mass is 19.3. The van der Waals surface area contributed by atoms with Gasteiger partial charge in [0.25, 0.3) is 12.3 Å². The standard InChI is InChI=1S/C20H17N3O4.C6H11F2NO/c1-11-13(10-24)9-23-19(11)16(6-7-22-23)27-14-4-5-15-17(8-14)26-12(2)18(15)20(25)21-3;1-9-3-2-6(10,4-9)5(7)8/h4-10H,1-3H3,(H,21,25);5,10H,2-4H2,1H3. The number of halogens is 2. The zero-order valence-corrected chi connectivity index (χ0v) is 20.9. The van der Waals surface area contributed by atoms with Crippen LogP contribution in [0.5, 0.6) is 11.5 Å². The van der Waals surface area contributed by atoms with Crippen molar-refractivity contribution < 1.29 is 32.6 Å². The molecule has 9 nitrogen and oxygen atoms in total. The Morgan fingerprint density at radius 1 is 1.32 bits per heavy atom. The molecule has 5 rings (SSSR count). The summed E-state index contributed by atoms with van der Waals surface area (Å²) >= 11 is 0. The number of likely N-dealkylation sites (N-methyl/N-ethyl adjacent to an activating group) is 1. The van der Waals surface area contributed by atoms with Crippen molar-refractivity contribution >= 4 is 28.7 Å². The number of hydrogen-bond acceptors (Lipinski definition) is 7. The average Bonchev–Trinajstić information content (AvgIpc) is 3.51. The van der Waals surface area contributed by atoms with Crippen molar-refractivity contribution in [3.05, 3.63) is 59.1 Å². The molecule has 4 heterocycles. The van der Waals surface area contributed by atoms with Gasteiger partial charge >= 0.3 is 0 Å². The van der Waals surface area contributed by atoms with Gasteiger partial charge in [-0.25, -0.2) is 13.3 Å². The van der Waals surface area contributed by atoms with E-state index in [1.807, 2.05) is 6.92 Å². The number of benzene rings is 1. The smallest absolute Gasteiger partial charge is 0.268 e. The fourth-order valence-electron chi connectivity index (χ4n) is 4.43. The van der Waals surface area contributed by atoms with E-state index in [0.717, 1.165) is 22.8 Å². The Bertz CT molecular complexity index is 1460. The number of amides is 1. The minimum absolute atomic E-state index is 0.0880. The molecule has 0 bridgehead atoms. The number of carbonyl (C=O) groups is 2. The molecule has 11 heteroatoms. The van der Waals surface area contributed by atoms with E-state index in [1.165, 1.54) is 0 Å². The Morgan fingerprint density at radius 3 is 2.68 bits per heavy atom. The number of likely N-dealkylation sites (tertiary alicyclic amines) is 1. The van der Waals surface area contributed by atoms with Crippen LogP contribution in [0.2, 0.25) is 0 Å². The third kappa shape index (κ3) is 5.05. The van der Waals surface area contributed by atoms with Crippen LogP contribution in [0.15, 0.2) is 41.1 Å². The van der Waals surface area contributed by atoms with Crippen molar-refractivity contribution in [2.45, 2.75) is 32.3 Å². The maximum absolute atomic E-state index is 12.1. The highest BCUT2D eigenvalue weighted by Crippen LogP contribution is 2.33. The first-order valence-electron chi connectivity index (χ1n) is 11.6. The summed E-state index contributed by atoms with van der Waals surface area (Å²) < 4.78 is 37.4. The van der Waals surface area contributed by atoms with E-state index in [0.29, 0.717) is 40.5 Å². The first kappa shape index (κ1) is 26.2. The molecule has 1 aliphatic heterocycles. The van der Waals surface area contributed by atoms with Crippen LogP contribution >= 0.6 is 0 Å². The second kappa shape index (κ2) is 10.3. The van der Waals surface area contributed by atoms with Gasteiger partial charge in [-0.3, -0.25) is 9.59 Å². The van der Waals surface area contributed by atoms with E-state index in [2.05, 4.69) is 10.4 Å². The fraction of sp³-hybridized carbons (Fsp3) is 0.346. The molecule has 0 saturated carbocycles. The van der Waals surface area contributed by atoms with Crippen molar-refractivity contribution in [3.8, 4) is 11.5 Å². The third-order valence-electron chi connectivity index (χ3n) is 6.45. The van der Waals surface area contributed by atoms with Crippen molar-refractivity contribution in [1.29, 1.82) is 0 Å². The van der Waals surface area contributed by atoms with Gasteiger partial charge < -0.3 is 24.5 Å². The maximum atomic E-state index is 12.1. The Balaban J connectivity index is 0.000000270. The van der Waals surface area contributed by atoms with Crippen LogP contribution in [0.25, 0.3) is 16.5 Å². The van der Waals surface area contributed by atoms with E-state index in [-0.39, 0.29) is 18.9 Å². The molecule has 1 fully saturated rings. The predicted molar refractivity (Wildman–Crippen MR) is 133 cm³/mol. The predicted octanol–water partition coefficient (Wildman–Crippen LogP) is 3.98. The number of rotatable bonds is 5. The van der Waals surface area contributed by atoms with Gasteiger partial charge in [-0.2, -0.15) is 5.10 Å². The van der Waals surface area contributed by atoms with Crippen LogP contribution < -0.4 is 10.1 Å². The number of aromatic nitrogens is 2. The molecule has 4 aromatic rings. The van der Waals surface area contributed by atoms with Crippen LogP contribution in [0, 0.1) is 13.8 Å². The highest BCUT2D eigenvalue weighted by Gasteiger charge is 2.42. The quantitative estimate of drug-likeness (QED) is 0.388. The third-order valence-corrected chi connectivity index (χ3v) is 6.45. The average molecular weight is 515 g/mol. The number of hydrogen-bond donors (Lipinski definition) is 2. The van der Waals surface area contributed by atoms with Crippen LogP contribution in [0.4, 0.5) is 8.78 Å². The summed E-state index contributed by atoms with van der Waals surface area (Å²) in [4.78, 5) is 25.0. The lowest BCUT2D eigenvalue weighted by Gasteiger charge is -2.20. The number of aldehydes is 1. The summed E-state index contributed by atoms with van der Waals surface area (Å²) in [6.45, 7) is 4.25. The Hall–Kier alpha value is -3.83. The number of nitrogens with one attached hydrogen (secondary N) is 1. The number of β-amino-alcohol motifs (C(OH)–C–C–N with tert-alkyl or cyclic N) is 1. The number of carbonyl (C=O) groups excluding carboxylic acids is 2. The molecule has 1 saturated heterocycles. The Kier molecular flexibility index (Phi) is 7.28. The summed E-state index contributed by atoms with van der Waals surface area (Å²) in [6, 6.07) is 7.06. The molecule has 1 aromatic carbocycles. The molecule has 0 spiro atoms. The number of ether oxygens (including phenoxy) is 1. The van der Waals surface area contributed by atoms with Crippen LogP contribution in [-0.4, -0.2) is 71.0 Å². The molecule has 0 radical (unpaired) electrons. The van der Waals surface area contributed by atoms with Crippen molar-refractivity contribution in [3.63, 3.8) is 0 Å². The molecule has 1 unspecified atom stereocenters. The molecule has 2 N–H and O–H groups in total. The maximum Gasteiger partial charge on any atom is 0.268 e. The van der Waals surface area contributed by atoms with Crippen LogP contribution in [0.3, 0.4) is 0 Å². The zero-order chi connectivity index (χ0) is 26.9. The largest absolute Gasteiger partial charge is 0.460 e. The molecule has 1 aliphatic rings. The van der Waals surface area contributed by atoms with Gasteiger partial charge in [0, 0.05) is 49.4 Å². The summed E-state index contributed by atoms with van der Waals surface area (Å²) in [5, 5.41) is 16.7. The minimum atomic E-state index is -2.61. The van der Waals surface area contributed by atoms with Crippen LogP contribution in [0.1, 0.15) is 38.5 Å². The molecule has 196 valence electrons. The number of fused-ring (bicyclic) bond motifs is 2. The lowest BCUT2D eigenvalue weighted by molar-refractivity contribution is -0.0860. The molecule has 0 aliphatic carbocycles. The van der Waals surface area contributed by atoms with E-state index < -0.39 is 12.0 Å². The number of aryl methyl sites for hydroxylation is 2. The lowest BCUT2D eigenvalue weighted by atomic mass is 10.1. The number of furan rings is 1. The zero-order valence-electron chi connectivity index (χ0n) is 20.9. The highest BCUT2D eigenvalue weighted by molar-refractivity contribution is 6.07. The van der Waals surface area contributed by atoms with Crippen molar-refractivity contribution in [2.24, 2.45) is 0 Å². The second-order valence-corrected chi connectivity index (χ2v) is 9.08. The van der Waals surface area contributed by atoms with Gasteiger partial charge in [0.05, 0.1) is 11.8 Å². The minimum Gasteiger partial charge on any atom is -0.460 e. The molecular formula is C26H28F2N4O5. The van der Waals surface area contributed by atoms with E-state index in [9.17, 15) is 18.4 Å². The molecule has 37 heavy (non-hydrogen) atoms. The number of aliphatic hydroxyl groups is 1. The summed E-state index contributed by atoms with van der Waals surface area (Å²) in [5.41, 5.74) is 1.42. The number of nitrogens with zero attached hydrogens (tertiary/aromatic N) is 3. The van der Waals surface area contributed by atoms with Crippen molar-refractivity contribution in [2.75, 3.05) is 27.2 Å². The van der Waals surface area contributed by atoms with Crippen LogP contribution in [-0.2, 0) is 0 Å². The molecular weight excluding hydrogens is 486 g/mol. The monoisotopic (exact) mass is 514 g/mol. The van der Waals surface area contributed by atoms with Gasteiger partial charge in [-0.05, 0) is 45.0 Å². The topological polar surface area (TPSA) is 109 Å². The summed E-state index contributed by atoms with van der Waals surface area (Å²) in [5.74, 6) is 1.48. The Morgan fingerprint density at radius 2 is 2.08 bits per heavy atom. The second-order valence-electron chi connectivity index (χ2n) is 9.08. The fourth-order valence-corrected chi connectivity index (χ4v) is 4.43. The first-order chi connectivity index (χ1) is 17.6. The van der Waals surface area contributed by atoms with Gasteiger partial charge in [0.2, 0.25) is 0 Å². The van der Waals surface area contributed by atoms with E-state index in [4.69, 9.17) is 14.3 Å². The normalized spacial score (nSPS) is 17.7. The van der Waals surface area contributed by atoms with Crippen molar-refractivity contribution in [1.82, 2.24) is 19.8 Å². The van der Waals surface area contributed by atoms with Gasteiger partial charge in [0.15, 0.2) is 12.0 Å².